The van der Waals surface area contributed by atoms with Crippen molar-refractivity contribution in [3.05, 3.63) is 23.5 Å². The van der Waals surface area contributed by atoms with Crippen molar-refractivity contribution in [2.75, 3.05) is 13.3 Å². The third kappa shape index (κ3) is 1.11. The van der Waals surface area contributed by atoms with Gasteiger partial charge in [-0.15, -0.1) is 0 Å². The molecular formula is C10H11NO2. The van der Waals surface area contributed by atoms with Crippen molar-refractivity contribution in [3.8, 4) is 0 Å². The normalized spacial score (nSPS) is 35.7. The molecule has 3 nitrogen and oxygen atoms in total. The van der Waals surface area contributed by atoms with Crippen molar-refractivity contribution in [3.63, 3.8) is 0 Å². The van der Waals surface area contributed by atoms with Gasteiger partial charge in [0.15, 0.2) is 6.79 Å². The van der Waals surface area contributed by atoms with E-state index in [-0.39, 0.29) is 6.10 Å². The summed E-state index contributed by atoms with van der Waals surface area (Å²) in [6.07, 6.45) is 7.26. The quantitative estimate of drug-likeness (QED) is 0.558. The summed E-state index contributed by atoms with van der Waals surface area (Å²) in [4.78, 5) is 4.25. The fourth-order valence-corrected chi connectivity index (χ4v) is 2.05. The highest BCUT2D eigenvalue weighted by atomic mass is 16.7. The highest BCUT2D eigenvalue weighted by molar-refractivity contribution is 5.74. The molecular weight excluding hydrogens is 166 g/mol. The van der Waals surface area contributed by atoms with Crippen LogP contribution < -0.4 is 0 Å². The van der Waals surface area contributed by atoms with Gasteiger partial charge in [-0.2, -0.15) is 0 Å². The number of aliphatic imine (C=N–C) groups is 1. The van der Waals surface area contributed by atoms with Crippen molar-refractivity contribution in [2.45, 2.75) is 12.5 Å². The number of nitrogens with zero attached hydrogens (tertiary/aromatic N) is 1. The molecule has 2 unspecified atom stereocenters. The van der Waals surface area contributed by atoms with Crippen LogP contribution in [0, 0.1) is 5.92 Å². The van der Waals surface area contributed by atoms with Crippen molar-refractivity contribution in [1.29, 1.82) is 0 Å². The Hall–Kier alpha value is -1.09. The second-order valence-electron chi connectivity index (χ2n) is 3.58. The summed E-state index contributed by atoms with van der Waals surface area (Å²) < 4.78 is 10.8. The van der Waals surface area contributed by atoms with E-state index in [1.165, 1.54) is 5.57 Å². The first-order chi connectivity index (χ1) is 6.43. The van der Waals surface area contributed by atoms with Crippen LogP contribution in [0.25, 0.3) is 0 Å². The van der Waals surface area contributed by atoms with Gasteiger partial charge in [-0.05, 0) is 24.1 Å². The lowest BCUT2D eigenvalue weighted by Gasteiger charge is -2.25. The third-order valence-corrected chi connectivity index (χ3v) is 2.79. The van der Waals surface area contributed by atoms with Gasteiger partial charge in [0.25, 0.3) is 0 Å². The predicted octanol–water partition coefficient (Wildman–Crippen LogP) is 1.27. The molecule has 0 amide bonds. The average Bonchev–Trinajstić information content (AvgIpc) is 2.61. The largest absolute Gasteiger partial charge is 0.469 e. The summed E-state index contributed by atoms with van der Waals surface area (Å²) in [5, 5.41) is 0. The number of hydrogen-bond acceptors (Lipinski definition) is 3. The lowest BCUT2D eigenvalue weighted by atomic mass is 9.85. The van der Waals surface area contributed by atoms with E-state index >= 15 is 0 Å². The van der Waals surface area contributed by atoms with E-state index in [2.05, 4.69) is 17.1 Å². The van der Waals surface area contributed by atoms with Gasteiger partial charge in [0.05, 0.1) is 0 Å². The van der Waals surface area contributed by atoms with Crippen molar-refractivity contribution >= 4 is 6.21 Å². The van der Waals surface area contributed by atoms with Crippen LogP contribution in [-0.2, 0) is 9.47 Å². The van der Waals surface area contributed by atoms with Gasteiger partial charge in [-0.25, -0.2) is 0 Å². The number of dihydropyridines is 1. The molecule has 3 rings (SSSR count). The molecule has 0 spiro atoms. The van der Waals surface area contributed by atoms with E-state index in [1.54, 1.807) is 0 Å². The number of fused-ring (bicyclic) bond motifs is 2. The van der Waals surface area contributed by atoms with Gasteiger partial charge in [0.2, 0.25) is 0 Å². The number of allylic oxidation sites excluding steroid dienone is 2. The maximum atomic E-state index is 5.44. The smallest absolute Gasteiger partial charge is 0.189 e. The SMILES string of the molecule is C1=NCC2CC3OCOC3=CC2=C1. The van der Waals surface area contributed by atoms with E-state index < -0.39 is 0 Å². The number of hydrogen-bond donors (Lipinski definition) is 0. The van der Waals surface area contributed by atoms with Crippen LogP contribution >= 0.6 is 0 Å². The molecule has 0 bridgehead atoms. The zero-order valence-electron chi connectivity index (χ0n) is 7.27. The molecule has 0 saturated carbocycles. The molecule has 2 aliphatic heterocycles. The molecule has 1 fully saturated rings. The lowest BCUT2D eigenvalue weighted by molar-refractivity contribution is 0.0441. The van der Waals surface area contributed by atoms with Gasteiger partial charge >= 0.3 is 0 Å². The van der Waals surface area contributed by atoms with Crippen LogP contribution in [0.3, 0.4) is 0 Å². The molecule has 0 N–H and O–H groups in total. The van der Waals surface area contributed by atoms with Crippen LogP contribution in [0.15, 0.2) is 28.5 Å². The molecule has 1 aliphatic carbocycles. The molecule has 2 heterocycles. The monoisotopic (exact) mass is 177 g/mol. The summed E-state index contributed by atoms with van der Waals surface area (Å²) in [5.41, 5.74) is 1.34. The van der Waals surface area contributed by atoms with E-state index in [0.717, 1.165) is 18.7 Å². The predicted molar refractivity (Wildman–Crippen MR) is 48.5 cm³/mol. The molecule has 0 aromatic carbocycles. The summed E-state index contributed by atoms with van der Waals surface area (Å²) in [7, 11) is 0. The second-order valence-corrected chi connectivity index (χ2v) is 3.58. The minimum atomic E-state index is 0.190. The Morgan fingerprint density at radius 2 is 2.46 bits per heavy atom. The zero-order valence-corrected chi connectivity index (χ0v) is 7.27. The highest BCUT2D eigenvalue weighted by Crippen LogP contribution is 2.34. The summed E-state index contributed by atoms with van der Waals surface area (Å²) in [6, 6.07) is 0. The highest BCUT2D eigenvalue weighted by Gasteiger charge is 2.33. The molecule has 3 heteroatoms. The third-order valence-electron chi connectivity index (χ3n) is 2.79. The molecule has 2 atom stereocenters. The Kier molecular flexibility index (Phi) is 1.52. The Morgan fingerprint density at radius 3 is 3.46 bits per heavy atom. The fraction of sp³-hybridized carbons (Fsp3) is 0.500. The Labute approximate surface area is 76.7 Å². The minimum Gasteiger partial charge on any atom is -0.469 e. The van der Waals surface area contributed by atoms with Crippen molar-refractivity contribution < 1.29 is 9.47 Å². The van der Waals surface area contributed by atoms with Crippen molar-refractivity contribution in [2.24, 2.45) is 10.9 Å². The van der Waals surface area contributed by atoms with Gasteiger partial charge < -0.3 is 9.47 Å². The second kappa shape index (κ2) is 2.70. The number of ether oxygens (including phenoxy) is 2. The van der Waals surface area contributed by atoms with Crippen LogP contribution in [0.5, 0.6) is 0 Å². The van der Waals surface area contributed by atoms with Gasteiger partial charge in [-0.1, -0.05) is 0 Å². The summed E-state index contributed by atoms with van der Waals surface area (Å²) >= 11 is 0. The molecule has 1 saturated heterocycles. The average molecular weight is 177 g/mol. The molecule has 0 aromatic rings. The van der Waals surface area contributed by atoms with Crippen molar-refractivity contribution in [1.82, 2.24) is 0 Å². The van der Waals surface area contributed by atoms with E-state index in [1.807, 2.05) is 6.21 Å². The van der Waals surface area contributed by atoms with Gasteiger partial charge in [0, 0.05) is 18.7 Å². The molecule has 0 radical (unpaired) electrons. The van der Waals surface area contributed by atoms with Gasteiger partial charge in [-0.3, -0.25) is 4.99 Å². The molecule has 0 aromatic heterocycles. The topological polar surface area (TPSA) is 30.8 Å². The van der Waals surface area contributed by atoms with Crippen LogP contribution in [0.1, 0.15) is 6.42 Å². The van der Waals surface area contributed by atoms with E-state index in [0.29, 0.717) is 12.7 Å². The molecule has 68 valence electrons. The van der Waals surface area contributed by atoms with Crippen LogP contribution in [0.4, 0.5) is 0 Å². The van der Waals surface area contributed by atoms with Gasteiger partial charge in [0.1, 0.15) is 11.9 Å². The Balaban J connectivity index is 1.97. The van der Waals surface area contributed by atoms with E-state index in [4.69, 9.17) is 9.47 Å². The minimum absolute atomic E-state index is 0.190. The van der Waals surface area contributed by atoms with Crippen LogP contribution in [-0.4, -0.2) is 25.7 Å². The first kappa shape index (κ1) is 7.33. The first-order valence-electron chi connectivity index (χ1n) is 4.59. The fourth-order valence-electron chi connectivity index (χ4n) is 2.05. The lowest BCUT2D eigenvalue weighted by Crippen LogP contribution is -2.24. The maximum absolute atomic E-state index is 5.44. The Bertz CT molecular complexity index is 317. The maximum Gasteiger partial charge on any atom is 0.189 e. The molecule has 13 heavy (non-hydrogen) atoms. The number of rotatable bonds is 0. The Morgan fingerprint density at radius 1 is 1.46 bits per heavy atom. The first-order valence-corrected chi connectivity index (χ1v) is 4.59. The van der Waals surface area contributed by atoms with Crippen LogP contribution in [0.2, 0.25) is 0 Å². The standard InChI is InChI=1S/C10H11NO2/c1-2-11-5-8-4-10-9(3-7(1)8)12-6-13-10/h1-3,8,10H,4-6H2. The van der Waals surface area contributed by atoms with E-state index in [9.17, 15) is 0 Å². The summed E-state index contributed by atoms with van der Waals surface area (Å²) in [6.45, 7) is 1.31. The summed E-state index contributed by atoms with van der Waals surface area (Å²) in [5.74, 6) is 1.54. The molecule has 3 aliphatic rings. The zero-order chi connectivity index (χ0) is 8.67.